The molecule has 122 valence electrons. The fourth-order valence-corrected chi connectivity index (χ4v) is 6.33. The summed E-state index contributed by atoms with van der Waals surface area (Å²) < 4.78 is 38.5. The van der Waals surface area contributed by atoms with Gasteiger partial charge in [0.1, 0.15) is 0 Å². The summed E-state index contributed by atoms with van der Waals surface area (Å²) in [5.41, 5.74) is -0.658. The van der Waals surface area contributed by atoms with Crippen molar-refractivity contribution in [3.63, 3.8) is 0 Å². The Kier molecular flexibility index (Phi) is 4.62. The average Bonchev–Trinajstić information content (AvgIpc) is 2.62. The number of halogens is 3. The monoisotopic (exact) mass is 362 g/mol. The summed E-state index contributed by atoms with van der Waals surface area (Å²) in [4.78, 5) is 0. The number of hydrogen-bond donors (Lipinski definition) is 0. The van der Waals surface area contributed by atoms with E-state index in [1.165, 1.54) is 12.1 Å². The van der Waals surface area contributed by atoms with Crippen LogP contribution in [0.5, 0.6) is 0 Å². The van der Waals surface area contributed by atoms with Crippen LogP contribution in [0, 0.1) is 0 Å². The predicted molar refractivity (Wildman–Crippen MR) is 97.5 cm³/mol. The standard InChI is InChI=1S/C19H14F3PS/c20-19(21,22)15-11-13-18(14-12-15)23(24,16-7-3-1-4-8-16)17-9-5-2-6-10-17/h1-14H. The topological polar surface area (TPSA) is 0 Å². The van der Waals surface area contributed by atoms with E-state index in [1.807, 2.05) is 60.7 Å². The van der Waals surface area contributed by atoms with Gasteiger partial charge in [-0.05, 0) is 28.0 Å². The van der Waals surface area contributed by atoms with Gasteiger partial charge in [0, 0.05) is 6.04 Å². The van der Waals surface area contributed by atoms with Crippen LogP contribution in [0.2, 0.25) is 0 Å². The highest BCUT2D eigenvalue weighted by molar-refractivity contribution is 8.25. The number of rotatable bonds is 3. The second kappa shape index (κ2) is 6.54. The van der Waals surface area contributed by atoms with E-state index in [0.717, 1.165) is 28.0 Å². The van der Waals surface area contributed by atoms with Crippen molar-refractivity contribution >= 4 is 33.8 Å². The van der Waals surface area contributed by atoms with Crippen LogP contribution < -0.4 is 15.9 Å². The Bertz CT molecular complexity index is 813. The highest BCUT2D eigenvalue weighted by Crippen LogP contribution is 2.43. The molecule has 0 aliphatic rings. The summed E-state index contributed by atoms with van der Waals surface area (Å²) >= 11 is 6.07. The van der Waals surface area contributed by atoms with E-state index in [9.17, 15) is 13.2 Å². The van der Waals surface area contributed by atoms with Crippen LogP contribution in [0.15, 0.2) is 84.9 Å². The summed E-state index contributed by atoms with van der Waals surface area (Å²) in [6.07, 6.45) is -4.35. The molecular formula is C19H14F3PS. The molecule has 0 aliphatic heterocycles. The van der Waals surface area contributed by atoms with Gasteiger partial charge in [-0.1, -0.05) is 84.6 Å². The molecule has 0 aliphatic carbocycles. The van der Waals surface area contributed by atoms with Gasteiger partial charge in [0.05, 0.1) is 5.56 Å². The largest absolute Gasteiger partial charge is 0.416 e. The zero-order chi connectivity index (χ0) is 17.2. The van der Waals surface area contributed by atoms with Crippen LogP contribution in [0.3, 0.4) is 0 Å². The lowest BCUT2D eigenvalue weighted by atomic mass is 10.2. The fourth-order valence-electron chi connectivity index (χ4n) is 2.58. The van der Waals surface area contributed by atoms with E-state index in [4.69, 9.17) is 11.8 Å². The van der Waals surface area contributed by atoms with E-state index < -0.39 is 17.8 Å². The molecule has 3 aromatic carbocycles. The molecule has 24 heavy (non-hydrogen) atoms. The van der Waals surface area contributed by atoms with E-state index in [-0.39, 0.29) is 0 Å². The van der Waals surface area contributed by atoms with Gasteiger partial charge in [-0.25, -0.2) is 0 Å². The van der Waals surface area contributed by atoms with E-state index in [2.05, 4.69) is 0 Å². The summed E-state index contributed by atoms with van der Waals surface area (Å²) in [5, 5.41) is 2.68. The molecule has 0 N–H and O–H groups in total. The second-order valence-corrected chi connectivity index (χ2v) is 9.74. The minimum atomic E-state index is -4.35. The minimum absolute atomic E-state index is 0.658. The zero-order valence-electron chi connectivity index (χ0n) is 12.6. The van der Waals surface area contributed by atoms with Gasteiger partial charge in [-0.15, -0.1) is 0 Å². The maximum atomic E-state index is 12.8. The van der Waals surface area contributed by atoms with Crippen molar-refractivity contribution in [1.82, 2.24) is 0 Å². The Morgan fingerprint density at radius 3 is 1.33 bits per heavy atom. The van der Waals surface area contributed by atoms with Gasteiger partial charge < -0.3 is 0 Å². The average molecular weight is 362 g/mol. The smallest absolute Gasteiger partial charge is 0.166 e. The first-order valence-electron chi connectivity index (χ1n) is 7.31. The van der Waals surface area contributed by atoms with Crippen LogP contribution >= 0.6 is 6.04 Å². The van der Waals surface area contributed by atoms with Gasteiger partial charge in [-0.3, -0.25) is 0 Å². The molecule has 3 rings (SSSR count). The second-order valence-electron chi connectivity index (χ2n) is 5.33. The van der Waals surface area contributed by atoms with Gasteiger partial charge in [-0.2, -0.15) is 13.2 Å². The highest BCUT2D eigenvalue weighted by Gasteiger charge is 2.31. The molecule has 0 spiro atoms. The Morgan fingerprint density at radius 2 is 0.958 bits per heavy atom. The third-order valence-corrected chi connectivity index (χ3v) is 8.77. The number of alkyl halides is 3. The van der Waals surface area contributed by atoms with Gasteiger partial charge in [0.2, 0.25) is 0 Å². The summed E-state index contributed by atoms with van der Waals surface area (Å²) in [5.74, 6) is 0. The first-order chi connectivity index (χ1) is 11.4. The summed E-state index contributed by atoms with van der Waals surface area (Å²) in [6.45, 7) is 0. The molecule has 0 aromatic heterocycles. The Balaban J connectivity index is 2.18. The van der Waals surface area contributed by atoms with Crippen molar-refractivity contribution in [3.05, 3.63) is 90.5 Å². The minimum Gasteiger partial charge on any atom is -0.166 e. The first kappa shape index (κ1) is 16.9. The molecule has 0 heterocycles. The van der Waals surface area contributed by atoms with E-state index >= 15 is 0 Å². The quantitative estimate of drug-likeness (QED) is 0.620. The van der Waals surface area contributed by atoms with Crippen molar-refractivity contribution in [2.75, 3.05) is 0 Å². The van der Waals surface area contributed by atoms with Gasteiger partial charge in [0.25, 0.3) is 0 Å². The van der Waals surface area contributed by atoms with Crippen LogP contribution in [0.1, 0.15) is 5.56 Å². The van der Waals surface area contributed by atoms with Crippen molar-refractivity contribution in [2.45, 2.75) is 6.18 Å². The molecule has 0 unspecified atom stereocenters. The molecule has 0 fully saturated rings. The normalized spacial score (nSPS) is 12.1. The van der Waals surface area contributed by atoms with Gasteiger partial charge in [0.15, 0.2) is 0 Å². The first-order valence-corrected chi connectivity index (χ1v) is 10.1. The molecule has 5 heteroatoms. The maximum absolute atomic E-state index is 12.8. The SMILES string of the molecule is FC(F)(F)c1ccc(P(=S)(c2ccccc2)c2ccccc2)cc1. The predicted octanol–water partition coefficient (Wildman–Crippen LogP) is 4.46. The molecule has 0 bridgehead atoms. The number of benzene rings is 3. The lowest BCUT2D eigenvalue weighted by Gasteiger charge is -2.24. The van der Waals surface area contributed by atoms with Crippen molar-refractivity contribution in [3.8, 4) is 0 Å². The third kappa shape index (κ3) is 3.17. The Morgan fingerprint density at radius 1 is 0.583 bits per heavy atom. The van der Waals surface area contributed by atoms with Crippen LogP contribution in [-0.4, -0.2) is 0 Å². The molecule has 0 saturated carbocycles. The molecule has 0 saturated heterocycles. The van der Waals surface area contributed by atoms with Crippen LogP contribution in [0.25, 0.3) is 0 Å². The Labute approximate surface area is 144 Å². The van der Waals surface area contributed by atoms with Crippen molar-refractivity contribution in [1.29, 1.82) is 0 Å². The van der Waals surface area contributed by atoms with Crippen LogP contribution in [0.4, 0.5) is 13.2 Å². The van der Waals surface area contributed by atoms with Crippen molar-refractivity contribution < 1.29 is 13.2 Å². The third-order valence-electron chi connectivity index (χ3n) is 3.80. The summed E-state index contributed by atoms with van der Waals surface area (Å²) in [7, 11) is 0. The molecule has 3 aromatic rings. The molecular weight excluding hydrogens is 348 g/mol. The Hall–Kier alpha value is -1.90. The van der Waals surface area contributed by atoms with Crippen LogP contribution in [-0.2, 0) is 18.0 Å². The van der Waals surface area contributed by atoms with E-state index in [0.29, 0.717) is 0 Å². The number of hydrogen-bond acceptors (Lipinski definition) is 1. The lowest BCUT2D eigenvalue weighted by Crippen LogP contribution is -2.25. The molecule has 0 amide bonds. The van der Waals surface area contributed by atoms with Gasteiger partial charge >= 0.3 is 6.18 Å². The summed E-state index contributed by atoms with van der Waals surface area (Å²) in [6, 6.07) is 22.1. The molecule has 0 nitrogen and oxygen atoms in total. The molecule has 0 radical (unpaired) electrons. The maximum Gasteiger partial charge on any atom is 0.416 e. The zero-order valence-corrected chi connectivity index (χ0v) is 14.3. The van der Waals surface area contributed by atoms with Crippen molar-refractivity contribution in [2.24, 2.45) is 0 Å². The fraction of sp³-hybridized carbons (Fsp3) is 0.0526. The van der Waals surface area contributed by atoms with E-state index in [1.54, 1.807) is 0 Å². The lowest BCUT2D eigenvalue weighted by molar-refractivity contribution is -0.137. The highest BCUT2D eigenvalue weighted by atomic mass is 32.4. The molecule has 0 atom stereocenters.